The topological polar surface area (TPSA) is 30.0 Å². The third-order valence-corrected chi connectivity index (χ3v) is 4.10. The highest BCUT2D eigenvalue weighted by atomic mass is 32.1. The Bertz CT molecular complexity index is 511. The summed E-state index contributed by atoms with van der Waals surface area (Å²) in [6.45, 7) is 4.12. The van der Waals surface area contributed by atoms with Gasteiger partial charge in [-0.2, -0.15) is 0 Å². The molecule has 1 heterocycles. The lowest BCUT2D eigenvalue weighted by Gasteiger charge is -1.99. The van der Waals surface area contributed by atoms with E-state index in [0.717, 1.165) is 29.1 Å². The fourth-order valence-corrected chi connectivity index (χ4v) is 2.79. The monoisotopic (exact) mass is 259 g/mol. The molecule has 0 unspecified atom stereocenters. The van der Waals surface area contributed by atoms with Crippen molar-refractivity contribution in [2.45, 2.75) is 33.1 Å². The van der Waals surface area contributed by atoms with Crippen LogP contribution in [0.4, 0.5) is 0 Å². The van der Waals surface area contributed by atoms with Crippen molar-refractivity contribution in [3.63, 3.8) is 0 Å². The van der Waals surface area contributed by atoms with Crippen LogP contribution in [0, 0.1) is 13.8 Å². The number of carbonyl (C=O) groups is 1. The molecule has 0 N–H and O–H groups in total. The van der Waals surface area contributed by atoms with Gasteiger partial charge in [0, 0.05) is 16.9 Å². The number of Topliss-reactive ketones (excluding diaryl/α,β-unsaturated/α-hetero) is 1. The molecule has 1 aromatic heterocycles. The van der Waals surface area contributed by atoms with E-state index in [0.29, 0.717) is 6.42 Å². The molecule has 0 spiro atoms. The summed E-state index contributed by atoms with van der Waals surface area (Å²) in [5.41, 5.74) is 1.92. The van der Waals surface area contributed by atoms with Crippen LogP contribution in [-0.4, -0.2) is 10.8 Å². The van der Waals surface area contributed by atoms with Crippen LogP contribution in [0.15, 0.2) is 30.3 Å². The molecule has 0 aliphatic carbocycles. The van der Waals surface area contributed by atoms with Gasteiger partial charge in [0.15, 0.2) is 5.78 Å². The van der Waals surface area contributed by atoms with E-state index in [9.17, 15) is 4.79 Å². The zero-order valence-corrected chi connectivity index (χ0v) is 11.6. The van der Waals surface area contributed by atoms with Gasteiger partial charge in [0.1, 0.15) is 0 Å². The number of hydrogen-bond donors (Lipinski definition) is 0. The van der Waals surface area contributed by atoms with Crippen molar-refractivity contribution in [1.82, 2.24) is 4.98 Å². The van der Waals surface area contributed by atoms with Gasteiger partial charge in [-0.05, 0) is 26.7 Å². The van der Waals surface area contributed by atoms with Gasteiger partial charge in [-0.1, -0.05) is 30.3 Å². The number of rotatable bonds is 5. The Morgan fingerprint density at radius 3 is 2.56 bits per heavy atom. The first kappa shape index (κ1) is 13.0. The van der Waals surface area contributed by atoms with Crippen LogP contribution in [-0.2, 0) is 6.42 Å². The molecule has 2 nitrogen and oxygen atoms in total. The molecule has 0 fully saturated rings. The first-order valence-corrected chi connectivity index (χ1v) is 6.99. The first-order chi connectivity index (χ1) is 8.66. The number of thiazole rings is 1. The van der Waals surface area contributed by atoms with Crippen LogP contribution in [0.2, 0.25) is 0 Å². The van der Waals surface area contributed by atoms with Crippen molar-refractivity contribution in [2.24, 2.45) is 0 Å². The van der Waals surface area contributed by atoms with Gasteiger partial charge in [-0.3, -0.25) is 4.79 Å². The summed E-state index contributed by atoms with van der Waals surface area (Å²) in [6.07, 6.45) is 2.37. The van der Waals surface area contributed by atoms with Gasteiger partial charge < -0.3 is 0 Å². The van der Waals surface area contributed by atoms with Crippen LogP contribution in [0.3, 0.4) is 0 Å². The van der Waals surface area contributed by atoms with E-state index in [-0.39, 0.29) is 5.78 Å². The molecule has 3 heteroatoms. The second-order valence-electron chi connectivity index (χ2n) is 4.39. The summed E-state index contributed by atoms with van der Waals surface area (Å²) in [4.78, 5) is 17.7. The van der Waals surface area contributed by atoms with E-state index in [2.05, 4.69) is 11.9 Å². The van der Waals surface area contributed by atoms with Crippen molar-refractivity contribution < 1.29 is 4.79 Å². The number of aryl methyl sites for hydroxylation is 3. The Kier molecular flexibility index (Phi) is 4.26. The normalized spacial score (nSPS) is 10.6. The molecule has 1 aromatic carbocycles. The van der Waals surface area contributed by atoms with Gasteiger partial charge >= 0.3 is 0 Å². The van der Waals surface area contributed by atoms with Gasteiger partial charge in [0.2, 0.25) is 0 Å². The summed E-state index contributed by atoms with van der Waals surface area (Å²) in [7, 11) is 0. The number of nitrogens with zero attached hydrogens (tertiary/aromatic N) is 1. The van der Waals surface area contributed by atoms with Crippen molar-refractivity contribution in [3.8, 4) is 0 Å². The second-order valence-corrected chi connectivity index (χ2v) is 5.68. The summed E-state index contributed by atoms with van der Waals surface area (Å²) in [6, 6.07) is 9.49. The lowest BCUT2D eigenvalue weighted by Crippen LogP contribution is -1.99. The lowest BCUT2D eigenvalue weighted by molar-refractivity contribution is 0.0980. The Morgan fingerprint density at radius 2 is 1.94 bits per heavy atom. The summed E-state index contributed by atoms with van der Waals surface area (Å²) in [5.74, 6) is 0.223. The van der Waals surface area contributed by atoms with E-state index in [1.165, 1.54) is 4.88 Å². The van der Waals surface area contributed by atoms with Crippen molar-refractivity contribution >= 4 is 17.1 Å². The average Bonchev–Trinajstić information content (AvgIpc) is 2.69. The standard InChI is InChI=1S/C15H17NOS/c1-11-12(2)18-15(16-11)10-6-9-14(17)13-7-4-3-5-8-13/h3-5,7-8H,6,9-10H2,1-2H3. The zero-order valence-electron chi connectivity index (χ0n) is 10.8. The zero-order chi connectivity index (χ0) is 13.0. The molecule has 0 atom stereocenters. The van der Waals surface area contributed by atoms with Crippen molar-refractivity contribution in [1.29, 1.82) is 0 Å². The van der Waals surface area contributed by atoms with Crippen molar-refractivity contribution in [3.05, 3.63) is 51.5 Å². The highest BCUT2D eigenvalue weighted by Crippen LogP contribution is 2.18. The molecule has 18 heavy (non-hydrogen) atoms. The molecular weight excluding hydrogens is 242 g/mol. The molecular formula is C15H17NOS. The van der Waals surface area contributed by atoms with Crippen LogP contribution in [0.1, 0.15) is 38.8 Å². The Hall–Kier alpha value is -1.48. The summed E-state index contributed by atoms with van der Waals surface area (Å²) >= 11 is 1.74. The van der Waals surface area contributed by atoms with E-state index >= 15 is 0 Å². The smallest absolute Gasteiger partial charge is 0.162 e. The maximum Gasteiger partial charge on any atom is 0.162 e. The number of carbonyl (C=O) groups excluding carboxylic acids is 1. The van der Waals surface area contributed by atoms with Crippen LogP contribution < -0.4 is 0 Å². The molecule has 94 valence electrons. The molecule has 0 saturated carbocycles. The largest absolute Gasteiger partial charge is 0.294 e. The molecule has 0 bridgehead atoms. The minimum Gasteiger partial charge on any atom is -0.294 e. The highest BCUT2D eigenvalue weighted by Gasteiger charge is 2.07. The third kappa shape index (κ3) is 3.26. The van der Waals surface area contributed by atoms with Gasteiger partial charge in [0.05, 0.1) is 10.7 Å². The quantitative estimate of drug-likeness (QED) is 0.761. The minimum atomic E-state index is 0.223. The second kappa shape index (κ2) is 5.91. The summed E-state index contributed by atoms with van der Waals surface area (Å²) in [5, 5.41) is 1.14. The number of ketones is 1. The average molecular weight is 259 g/mol. The molecule has 2 aromatic rings. The maximum atomic E-state index is 11.9. The van der Waals surface area contributed by atoms with E-state index in [1.54, 1.807) is 11.3 Å². The Labute approximate surface area is 112 Å². The molecule has 0 aliphatic heterocycles. The fraction of sp³-hybridized carbons (Fsp3) is 0.333. The maximum absolute atomic E-state index is 11.9. The fourth-order valence-electron chi connectivity index (χ4n) is 1.81. The first-order valence-electron chi connectivity index (χ1n) is 6.18. The number of aromatic nitrogens is 1. The molecule has 0 aliphatic rings. The van der Waals surface area contributed by atoms with E-state index < -0.39 is 0 Å². The van der Waals surface area contributed by atoms with E-state index in [1.807, 2.05) is 37.3 Å². The van der Waals surface area contributed by atoms with Gasteiger partial charge in [-0.25, -0.2) is 4.98 Å². The lowest BCUT2D eigenvalue weighted by atomic mass is 10.1. The van der Waals surface area contributed by atoms with Crippen LogP contribution in [0.5, 0.6) is 0 Å². The summed E-state index contributed by atoms with van der Waals surface area (Å²) < 4.78 is 0. The number of benzene rings is 1. The molecule has 0 amide bonds. The number of hydrogen-bond acceptors (Lipinski definition) is 3. The van der Waals surface area contributed by atoms with E-state index in [4.69, 9.17) is 0 Å². The van der Waals surface area contributed by atoms with Gasteiger partial charge in [-0.15, -0.1) is 11.3 Å². The van der Waals surface area contributed by atoms with Crippen molar-refractivity contribution in [2.75, 3.05) is 0 Å². The predicted molar refractivity (Wildman–Crippen MR) is 75.3 cm³/mol. The minimum absolute atomic E-state index is 0.223. The highest BCUT2D eigenvalue weighted by molar-refractivity contribution is 7.11. The third-order valence-electron chi connectivity index (χ3n) is 2.96. The Balaban J connectivity index is 1.84. The van der Waals surface area contributed by atoms with Crippen LogP contribution >= 0.6 is 11.3 Å². The van der Waals surface area contributed by atoms with Crippen LogP contribution in [0.25, 0.3) is 0 Å². The Morgan fingerprint density at radius 1 is 1.22 bits per heavy atom. The molecule has 0 radical (unpaired) electrons. The molecule has 0 saturated heterocycles. The molecule has 2 rings (SSSR count). The SMILES string of the molecule is Cc1nc(CCCC(=O)c2ccccc2)sc1C. The predicted octanol–water partition coefficient (Wildman–Crippen LogP) is 3.97. The van der Waals surface area contributed by atoms with Gasteiger partial charge in [0.25, 0.3) is 0 Å².